The second-order valence-corrected chi connectivity index (χ2v) is 6.95. The highest BCUT2D eigenvalue weighted by Gasteiger charge is 2.18. The summed E-state index contributed by atoms with van der Waals surface area (Å²) in [6, 6.07) is 7.96. The molecule has 0 N–H and O–H groups in total. The molecule has 0 saturated heterocycles. The van der Waals surface area contributed by atoms with Gasteiger partial charge in [0.1, 0.15) is 0 Å². The monoisotopic (exact) mass is 352 g/mol. The third-order valence-electron chi connectivity index (χ3n) is 3.55. The van der Waals surface area contributed by atoms with Crippen LogP contribution >= 0.6 is 38.3 Å². The van der Waals surface area contributed by atoms with Gasteiger partial charge in [-0.2, -0.15) is 3.71 Å². The van der Waals surface area contributed by atoms with Crippen LogP contribution in [-0.4, -0.2) is 21.1 Å². The largest absolute Gasteiger partial charge is 0.289 e. The summed E-state index contributed by atoms with van der Waals surface area (Å²) in [6.07, 6.45) is 7.63. The number of hydrogen-bond donors (Lipinski definition) is 3. The van der Waals surface area contributed by atoms with Crippen LogP contribution in [0.25, 0.3) is 0 Å². The first-order valence-electron chi connectivity index (χ1n) is 7.23. The minimum Gasteiger partial charge on any atom is -0.289 e. The van der Waals surface area contributed by atoms with E-state index in [1.807, 2.05) is 12.1 Å². The predicted octanol–water partition coefficient (Wildman–Crippen LogP) is 3.90. The number of aliphatic imine (C=N–C) groups is 1. The first-order valence-corrected chi connectivity index (χ1v) is 8.48. The summed E-state index contributed by atoms with van der Waals surface area (Å²) in [7, 11) is 0. The molecule has 0 aromatic heterocycles. The van der Waals surface area contributed by atoms with E-state index in [2.05, 4.69) is 67.5 Å². The molecule has 1 aliphatic rings. The molecule has 22 heavy (non-hydrogen) atoms. The van der Waals surface area contributed by atoms with Crippen molar-refractivity contribution >= 4 is 49.1 Å². The summed E-state index contributed by atoms with van der Waals surface area (Å²) in [5.74, 6) is 0. The molecule has 1 heterocycles. The summed E-state index contributed by atoms with van der Waals surface area (Å²) in [5.41, 5.74) is 3.32. The van der Waals surface area contributed by atoms with Crippen LogP contribution in [0.1, 0.15) is 36.4 Å². The van der Waals surface area contributed by atoms with Crippen LogP contribution in [0.3, 0.4) is 0 Å². The molecule has 0 saturated carbocycles. The lowest BCUT2D eigenvalue weighted by atomic mass is 10.0. The van der Waals surface area contributed by atoms with E-state index in [-0.39, 0.29) is 17.6 Å². The van der Waals surface area contributed by atoms with Crippen LogP contribution < -0.4 is 0 Å². The highest BCUT2D eigenvalue weighted by molar-refractivity contribution is 7.96. The molecule has 1 aliphatic heterocycles. The second-order valence-electron chi connectivity index (χ2n) is 5.27. The van der Waals surface area contributed by atoms with Gasteiger partial charge < -0.3 is 0 Å². The number of allylic oxidation sites excluding steroid dienone is 2. The molecule has 1 aromatic carbocycles. The summed E-state index contributed by atoms with van der Waals surface area (Å²) < 4.78 is 1.45. The second kappa shape index (κ2) is 8.82. The third kappa shape index (κ3) is 5.50. The van der Waals surface area contributed by atoms with Crippen molar-refractivity contribution in [3.8, 4) is 0 Å². The van der Waals surface area contributed by atoms with E-state index in [0.29, 0.717) is 0 Å². The topological polar surface area (TPSA) is 32.7 Å². The van der Waals surface area contributed by atoms with Gasteiger partial charge in [-0.1, -0.05) is 56.0 Å². The van der Waals surface area contributed by atoms with Crippen molar-refractivity contribution in [1.29, 1.82) is 0 Å². The highest BCUT2D eigenvalue weighted by Crippen LogP contribution is 2.28. The number of thiol groups is 3. The Bertz CT molecular complexity index is 567. The minimum absolute atomic E-state index is 0.180. The average molecular weight is 353 g/mol. The fourth-order valence-corrected chi connectivity index (χ4v) is 2.99. The zero-order valence-corrected chi connectivity index (χ0v) is 14.9. The summed E-state index contributed by atoms with van der Waals surface area (Å²) in [6.45, 7) is 0.904. The van der Waals surface area contributed by atoms with E-state index in [9.17, 15) is 4.79 Å². The molecule has 0 bridgehead atoms. The van der Waals surface area contributed by atoms with Crippen molar-refractivity contribution in [2.24, 2.45) is 4.99 Å². The number of carbonyl (C=O) groups is 1. The number of rotatable bonds is 6. The fourth-order valence-electron chi connectivity index (χ4n) is 2.38. The van der Waals surface area contributed by atoms with E-state index in [0.717, 1.165) is 37.1 Å². The molecule has 2 rings (SSSR count). The molecule has 1 unspecified atom stereocenters. The summed E-state index contributed by atoms with van der Waals surface area (Å²) >= 11 is 12.3. The van der Waals surface area contributed by atoms with Crippen molar-refractivity contribution in [2.45, 2.75) is 31.7 Å². The first-order chi connectivity index (χ1) is 10.6. The fraction of sp³-hybridized carbons (Fsp3) is 0.375. The Kier molecular flexibility index (Phi) is 7.08. The van der Waals surface area contributed by atoms with Gasteiger partial charge in [0.25, 0.3) is 0 Å². The van der Waals surface area contributed by atoms with E-state index < -0.39 is 0 Å². The van der Waals surface area contributed by atoms with Gasteiger partial charge in [0.2, 0.25) is 0 Å². The molecule has 0 spiro atoms. The lowest BCUT2D eigenvalue weighted by Crippen LogP contribution is -2.13. The normalized spacial score (nSPS) is 16.3. The molecule has 1 aromatic rings. The van der Waals surface area contributed by atoms with Gasteiger partial charge in [0.15, 0.2) is 5.12 Å². The van der Waals surface area contributed by atoms with Crippen LogP contribution in [0.2, 0.25) is 0 Å². The van der Waals surface area contributed by atoms with Gasteiger partial charge in [-0.15, -0.1) is 12.6 Å². The van der Waals surface area contributed by atoms with Gasteiger partial charge >= 0.3 is 0 Å². The summed E-state index contributed by atoms with van der Waals surface area (Å²) in [4.78, 5) is 15.8. The van der Waals surface area contributed by atoms with Crippen molar-refractivity contribution in [3.05, 3.63) is 47.5 Å². The molecular formula is C16H20N2OS3. The van der Waals surface area contributed by atoms with Crippen LogP contribution in [0.15, 0.2) is 41.4 Å². The number of carbonyl (C=O) groups excluding carboxylic acids is 1. The quantitative estimate of drug-likeness (QED) is 0.679. The molecule has 118 valence electrons. The van der Waals surface area contributed by atoms with Crippen LogP contribution in [0.5, 0.6) is 0 Å². The Morgan fingerprint density at radius 2 is 2.00 bits per heavy atom. The van der Waals surface area contributed by atoms with Gasteiger partial charge in [-0.25, -0.2) is 0 Å². The Labute approximate surface area is 148 Å². The van der Waals surface area contributed by atoms with Gasteiger partial charge in [0.05, 0.1) is 6.04 Å². The number of benzene rings is 1. The molecule has 1 atom stereocenters. The Morgan fingerprint density at radius 1 is 1.27 bits per heavy atom. The zero-order valence-electron chi connectivity index (χ0n) is 12.2. The number of hydrogen-bond acceptors (Lipinski definition) is 5. The van der Waals surface area contributed by atoms with E-state index >= 15 is 0 Å². The average Bonchev–Trinajstić information content (AvgIpc) is 2.74. The summed E-state index contributed by atoms with van der Waals surface area (Å²) in [5, 5.41) is -0.180. The predicted molar refractivity (Wildman–Crippen MR) is 102 cm³/mol. The van der Waals surface area contributed by atoms with Gasteiger partial charge in [-0.05, 0) is 30.0 Å². The van der Waals surface area contributed by atoms with E-state index in [4.69, 9.17) is 0 Å². The van der Waals surface area contributed by atoms with E-state index in [1.165, 1.54) is 9.27 Å². The zero-order chi connectivity index (χ0) is 15.9. The van der Waals surface area contributed by atoms with Gasteiger partial charge in [0, 0.05) is 25.1 Å². The molecule has 3 nitrogen and oxygen atoms in total. The third-order valence-corrected chi connectivity index (χ3v) is 4.29. The minimum atomic E-state index is -0.194. The molecule has 0 aliphatic carbocycles. The Morgan fingerprint density at radius 3 is 2.64 bits per heavy atom. The lowest BCUT2D eigenvalue weighted by molar-refractivity contribution is -0.111. The van der Waals surface area contributed by atoms with Crippen LogP contribution in [0.4, 0.5) is 0 Å². The highest BCUT2D eigenvalue weighted by atomic mass is 32.2. The molecule has 0 fully saturated rings. The van der Waals surface area contributed by atoms with Crippen molar-refractivity contribution in [3.63, 3.8) is 0 Å². The SMILES string of the molecule is O=C(S)CC(c1ccc(CC2=NCCCC=C2)cc1)N(S)S. The Hall–Kier alpha value is -0.690. The van der Waals surface area contributed by atoms with E-state index in [1.54, 1.807) is 0 Å². The van der Waals surface area contributed by atoms with Gasteiger partial charge in [-0.3, -0.25) is 9.79 Å². The lowest BCUT2D eigenvalue weighted by Gasteiger charge is -2.21. The first kappa shape index (κ1) is 17.7. The Balaban J connectivity index is 2.08. The van der Waals surface area contributed by atoms with Crippen molar-refractivity contribution in [2.75, 3.05) is 6.54 Å². The van der Waals surface area contributed by atoms with Crippen molar-refractivity contribution < 1.29 is 4.79 Å². The smallest absolute Gasteiger partial charge is 0.187 e. The van der Waals surface area contributed by atoms with Crippen LogP contribution in [0, 0.1) is 0 Å². The molecule has 0 radical (unpaired) electrons. The van der Waals surface area contributed by atoms with Crippen molar-refractivity contribution in [1.82, 2.24) is 3.71 Å². The standard InChI is InChI=1S/C16H20N2OS3/c19-16(20)11-15(18(21)22)13-7-5-12(6-8-13)10-14-4-2-1-3-9-17-14/h2,4-8,15,21-22H,1,3,9-11H2,(H,19,20). The number of nitrogens with zero attached hydrogens (tertiary/aromatic N) is 2. The molecular weight excluding hydrogens is 332 g/mol. The maximum absolute atomic E-state index is 11.2. The van der Waals surface area contributed by atoms with Crippen LogP contribution in [-0.2, 0) is 11.2 Å². The maximum Gasteiger partial charge on any atom is 0.187 e. The maximum atomic E-state index is 11.2. The molecule has 6 heteroatoms. The molecule has 0 amide bonds.